The van der Waals surface area contributed by atoms with Crippen LogP contribution in [0, 0.1) is 6.92 Å². The minimum atomic E-state index is -1.24. The number of aryl methyl sites for hydroxylation is 1. The van der Waals surface area contributed by atoms with E-state index < -0.39 is 5.60 Å². The van der Waals surface area contributed by atoms with Gasteiger partial charge in [-0.25, -0.2) is 0 Å². The summed E-state index contributed by atoms with van der Waals surface area (Å²) >= 11 is 0. The molecule has 0 radical (unpaired) electrons. The molecule has 1 aromatic heterocycles. The number of hydrogen-bond acceptors (Lipinski definition) is 2. The number of pyridine rings is 1. The Kier molecular flexibility index (Phi) is 3.55. The van der Waals surface area contributed by atoms with Crippen LogP contribution in [0.3, 0.4) is 0 Å². The fourth-order valence-electron chi connectivity index (χ4n) is 2.51. The van der Waals surface area contributed by atoms with E-state index in [2.05, 4.69) is 4.98 Å². The first kappa shape index (κ1) is 13.5. The van der Waals surface area contributed by atoms with Crippen LogP contribution in [-0.2, 0) is 5.60 Å². The fourth-order valence-corrected chi connectivity index (χ4v) is 2.51. The minimum absolute atomic E-state index is 0.625. The molecule has 2 aromatic carbocycles. The van der Waals surface area contributed by atoms with E-state index in [9.17, 15) is 5.11 Å². The normalized spacial score (nSPS) is 13.6. The second-order valence-electron chi connectivity index (χ2n) is 5.16. The Balaban J connectivity index is 2.23. The van der Waals surface area contributed by atoms with E-state index in [0.29, 0.717) is 5.69 Å². The predicted octanol–water partition coefficient (Wildman–Crippen LogP) is 3.67. The summed E-state index contributed by atoms with van der Waals surface area (Å²) < 4.78 is 0. The van der Waals surface area contributed by atoms with Gasteiger partial charge >= 0.3 is 0 Å². The average Bonchev–Trinajstić information content (AvgIpc) is 2.56. The number of aromatic nitrogens is 1. The molecule has 3 rings (SSSR count). The van der Waals surface area contributed by atoms with Crippen molar-refractivity contribution in [2.75, 3.05) is 0 Å². The third kappa shape index (κ3) is 2.46. The summed E-state index contributed by atoms with van der Waals surface area (Å²) in [5.74, 6) is 0. The van der Waals surface area contributed by atoms with Gasteiger partial charge in [0, 0.05) is 6.20 Å². The van der Waals surface area contributed by atoms with Crippen LogP contribution in [-0.4, -0.2) is 10.1 Å². The predicted molar refractivity (Wildman–Crippen MR) is 84.0 cm³/mol. The third-order valence-electron chi connectivity index (χ3n) is 3.70. The Hall–Kier alpha value is -2.45. The van der Waals surface area contributed by atoms with Gasteiger partial charge in [0.15, 0.2) is 5.60 Å². The maximum absolute atomic E-state index is 11.5. The summed E-state index contributed by atoms with van der Waals surface area (Å²) in [6.45, 7) is 2.03. The van der Waals surface area contributed by atoms with E-state index >= 15 is 0 Å². The van der Waals surface area contributed by atoms with Crippen LogP contribution in [0.2, 0.25) is 0 Å². The van der Waals surface area contributed by atoms with Crippen molar-refractivity contribution in [1.29, 1.82) is 0 Å². The van der Waals surface area contributed by atoms with Gasteiger partial charge in [0.05, 0.1) is 5.69 Å². The Labute approximate surface area is 124 Å². The maximum atomic E-state index is 11.5. The van der Waals surface area contributed by atoms with E-state index in [0.717, 1.165) is 16.7 Å². The lowest BCUT2D eigenvalue weighted by Crippen LogP contribution is -2.29. The van der Waals surface area contributed by atoms with Crippen molar-refractivity contribution in [2.45, 2.75) is 12.5 Å². The molecule has 1 heterocycles. The van der Waals surface area contributed by atoms with Gasteiger partial charge in [0.25, 0.3) is 0 Å². The summed E-state index contributed by atoms with van der Waals surface area (Å²) in [5, 5.41) is 11.5. The highest BCUT2D eigenvalue weighted by Crippen LogP contribution is 2.35. The first-order valence-corrected chi connectivity index (χ1v) is 6.98. The van der Waals surface area contributed by atoms with E-state index in [1.165, 1.54) is 0 Å². The van der Waals surface area contributed by atoms with Crippen LogP contribution in [0.15, 0.2) is 79.0 Å². The van der Waals surface area contributed by atoms with Crippen molar-refractivity contribution in [2.24, 2.45) is 0 Å². The SMILES string of the molecule is Cc1ccc(C(O)(c2ccccc2)c2ccccn2)cc1. The molecule has 2 heteroatoms. The number of rotatable bonds is 3. The molecule has 21 heavy (non-hydrogen) atoms. The number of hydrogen-bond donors (Lipinski definition) is 1. The molecule has 0 saturated heterocycles. The second kappa shape index (κ2) is 5.51. The van der Waals surface area contributed by atoms with Crippen molar-refractivity contribution in [3.05, 3.63) is 101 Å². The van der Waals surface area contributed by atoms with Gasteiger partial charge in [0.1, 0.15) is 0 Å². The van der Waals surface area contributed by atoms with E-state index in [1.54, 1.807) is 6.20 Å². The number of nitrogens with zero attached hydrogens (tertiary/aromatic N) is 1. The van der Waals surface area contributed by atoms with Gasteiger partial charge < -0.3 is 5.11 Å². The standard InChI is InChI=1S/C19H17NO/c1-15-10-12-17(13-11-15)19(21,16-7-3-2-4-8-16)18-9-5-6-14-20-18/h2-14,21H,1H3. The molecule has 0 aliphatic carbocycles. The topological polar surface area (TPSA) is 33.1 Å². The van der Waals surface area contributed by atoms with Crippen molar-refractivity contribution in [1.82, 2.24) is 4.98 Å². The molecule has 0 aliphatic heterocycles. The van der Waals surface area contributed by atoms with Crippen molar-refractivity contribution in [3.8, 4) is 0 Å². The summed E-state index contributed by atoms with van der Waals surface area (Å²) in [5.41, 5.74) is 2.18. The van der Waals surface area contributed by atoms with Crippen LogP contribution in [0.5, 0.6) is 0 Å². The highest BCUT2D eigenvalue weighted by molar-refractivity contribution is 5.44. The molecule has 0 fully saturated rings. The lowest BCUT2D eigenvalue weighted by molar-refractivity contribution is 0.121. The largest absolute Gasteiger partial charge is 0.374 e. The fraction of sp³-hybridized carbons (Fsp3) is 0.105. The van der Waals surface area contributed by atoms with Crippen LogP contribution < -0.4 is 0 Å². The summed E-state index contributed by atoms with van der Waals surface area (Å²) in [7, 11) is 0. The molecule has 1 unspecified atom stereocenters. The lowest BCUT2D eigenvalue weighted by Gasteiger charge is -2.29. The Morgan fingerprint density at radius 1 is 0.762 bits per heavy atom. The van der Waals surface area contributed by atoms with E-state index in [4.69, 9.17) is 0 Å². The first-order valence-electron chi connectivity index (χ1n) is 6.98. The van der Waals surface area contributed by atoms with Crippen LogP contribution in [0.4, 0.5) is 0 Å². The second-order valence-corrected chi connectivity index (χ2v) is 5.16. The molecular formula is C19H17NO. The Morgan fingerprint density at radius 2 is 1.38 bits per heavy atom. The molecule has 1 N–H and O–H groups in total. The quantitative estimate of drug-likeness (QED) is 0.791. The number of aliphatic hydroxyl groups is 1. The summed E-state index contributed by atoms with van der Waals surface area (Å²) in [4.78, 5) is 4.38. The monoisotopic (exact) mass is 275 g/mol. The minimum Gasteiger partial charge on any atom is -0.374 e. The van der Waals surface area contributed by atoms with E-state index in [-0.39, 0.29) is 0 Å². The summed E-state index contributed by atoms with van der Waals surface area (Å²) in [6, 6.07) is 23.2. The van der Waals surface area contributed by atoms with Crippen LogP contribution >= 0.6 is 0 Å². The third-order valence-corrected chi connectivity index (χ3v) is 3.70. The van der Waals surface area contributed by atoms with Gasteiger partial charge in [-0.2, -0.15) is 0 Å². The van der Waals surface area contributed by atoms with Gasteiger partial charge in [-0.1, -0.05) is 66.2 Å². The van der Waals surface area contributed by atoms with Crippen molar-refractivity contribution < 1.29 is 5.11 Å². The van der Waals surface area contributed by atoms with Crippen LogP contribution in [0.1, 0.15) is 22.4 Å². The molecule has 0 aliphatic rings. The molecule has 0 bridgehead atoms. The highest BCUT2D eigenvalue weighted by atomic mass is 16.3. The zero-order chi connectivity index (χ0) is 14.7. The summed E-state index contributed by atoms with van der Waals surface area (Å²) in [6.07, 6.45) is 1.71. The van der Waals surface area contributed by atoms with E-state index in [1.807, 2.05) is 79.7 Å². The number of benzene rings is 2. The zero-order valence-electron chi connectivity index (χ0n) is 11.9. The Morgan fingerprint density at radius 3 is 2.00 bits per heavy atom. The molecule has 3 aromatic rings. The lowest BCUT2D eigenvalue weighted by atomic mass is 9.83. The molecule has 0 spiro atoms. The van der Waals surface area contributed by atoms with Gasteiger partial charge in [-0.15, -0.1) is 0 Å². The highest BCUT2D eigenvalue weighted by Gasteiger charge is 2.34. The average molecular weight is 275 g/mol. The molecule has 0 amide bonds. The van der Waals surface area contributed by atoms with Gasteiger partial charge in [-0.05, 0) is 30.2 Å². The zero-order valence-corrected chi connectivity index (χ0v) is 11.9. The maximum Gasteiger partial charge on any atom is 0.157 e. The molecule has 104 valence electrons. The van der Waals surface area contributed by atoms with Gasteiger partial charge in [-0.3, -0.25) is 4.98 Å². The van der Waals surface area contributed by atoms with Crippen LogP contribution in [0.25, 0.3) is 0 Å². The Bertz CT molecular complexity index is 666. The molecule has 0 saturated carbocycles. The van der Waals surface area contributed by atoms with Gasteiger partial charge in [0.2, 0.25) is 0 Å². The molecular weight excluding hydrogens is 258 g/mol. The first-order chi connectivity index (χ1) is 10.2. The van der Waals surface area contributed by atoms with Crippen molar-refractivity contribution >= 4 is 0 Å². The smallest absolute Gasteiger partial charge is 0.157 e. The van der Waals surface area contributed by atoms with Crippen molar-refractivity contribution in [3.63, 3.8) is 0 Å². The molecule has 1 atom stereocenters. The molecule has 2 nitrogen and oxygen atoms in total.